The number of halogens is 2. The molecular weight excluding hydrogens is 365 g/mol. The molecule has 1 saturated heterocycles. The van der Waals surface area contributed by atoms with Crippen LogP contribution < -0.4 is 0 Å². The minimum Gasteiger partial charge on any atom is -0.480 e. The summed E-state index contributed by atoms with van der Waals surface area (Å²) in [6.07, 6.45) is 1.24. The number of rotatable bonds is 3. The van der Waals surface area contributed by atoms with E-state index in [1.807, 2.05) is 0 Å². The molecule has 1 aliphatic heterocycles. The van der Waals surface area contributed by atoms with E-state index in [1.165, 1.54) is 12.1 Å². The van der Waals surface area contributed by atoms with Crippen LogP contribution in [0.1, 0.15) is 19.8 Å². The molecule has 0 spiro atoms. The van der Waals surface area contributed by atoms with Crippen LogP contribution in [0.4, 0.5) is 4.39 Å². The van der Waals surface area contributed by atoms with E-state index in [1.54, 1.807) is 6.92 Å². The Morgan fingerprint density at radius 1 is 1.48 bits per heavy atom. The zero-order chi connectivity index (χ0) is 15.8. The van der Waals surface area contributed by atoms with Gasteiger partial charge in [-0.3, -0.25) is 4.79 Å². The van der Waals surface area contributed by atoms with E-state index >= 15 is 0 Å². The quantitative estimate of drug-likeness (QED) is 0.874. The Kier molecular flexibility index (Phi) is 4.69. The number of carboxylic acids is 1. The van der Waals surface area contributed by atoms with Crippen molar-refractivity contribution < 1.29 is 22.7 Å². The molecule has 2 rings (SSSR count). The van der Waals surface area contributed by atoms with Gasteiger partial charge in [-0.05, 0) is 52.9 Å². The van der Waals surface area contributed by atoms with Crippen LogP contribution in [-0.2, 0) is 14.8 Å². The average molecular weight is 380 g/mol. The lowest BCUT2D eigenvalue weighted by Crippen LogP contribution is -2.51. The Bertz CT molecular complexity index is 664. The highest BCUT2D eigenvalue weighted by Crippen LogP contribution is 2.30. The first-order chi connectivity index (χ1) is 9.75. The lowest BCUT2D eigenvalue weighted by atomic mass is 9.93. The molecule has 8 heteroatoms. The molecule has 0 aliphatic carbocycles. The number of piperidine rings is 1. The second-order valence-corrected chi connectivity index (χ2v) is 7.84. The predicted molar refractivity (Wildman–Crippen MR) is 77.8 cm³/mol. The predicted octanol–water partition coefficient (Wildman–Crippen LogP) is 2.46. The summed E-state index contributed by atoms with van der Waals surface area (Å²) in [6.45, 7) is 1.84. The van der Waals surface area contributed by atoms with Gasteiger partial charge in [0.25, 0.3) is 0 Å². The molecule has 21 heavy (non-hydrogen) atoms. The zero-order valence-electron chi connectivity index (χ0n) is 11.3. The van der Waals surface area contributed by atoms with Gasteiger partial charge in [-0.25, -0.2) is 12.8 Å². The minimum absolute atomic E-state index is 0.126. The molecule has 116 valence electrons. The van der Waals surface area contributed by atoms with Gasteiger partial charge in [0.2, 0.25) is 10.0 Å². The number of hydrogen-bond acceptors (Lipinski definition) is 3. The van der Waals surface area contributed by atoms with Crippen LogP contribution in [0.2, 0.25) is 0 Å². The third-order valence-electron chi connectivity index (χ3n) is 3.64. The van der Waals surface area contributed by atoms with Crippen LogP contribution in [0.3, 0.4) is 0 Å². The Hall–Kier alpha value is -0.990. The van der Waals surface area contributed by atoms with E-state index in [4.69, 9.17) is 0 Å². The minimum atomic E-state index is -4.04. The maximum atomic E-state index is 13.6. The van der Waals surface area contributed by atoms with E-state index in [2.05, 4.69) is 15.9 Å². The van der Waals surface area contributed by atoms with Crippen molar-refractivity contribution in [3.05, 3.63) is 28.5 Å². The van der Waals surface area contributed by atoms with Crippen molar-refractivity contribution in [2.75, 3.05) is 6.54 Å². The normalized spacial score (nSPS) is 24.0. The summed E-state index contributed by atoms with van der Waals surface area (Å²) in [5.41, 5.74) is 0. The van der Waals surface area contributed by atoms with E-state index < -0.39 is 27.9 Å². The maximum absolute atomic E-state index is 13.6. The maximum Gasteiger partial charge on any atom is 0.322 e. The standard InChI is InChI=1S/C13H15BrFNO4S/c1-8-3-2-6-16(12(8)13(17)18)21(19,20)9-4-5-10(14)11(15)7-9/h4-5,7-8,12H,2-3,6H2,1H3,(H,17,18). The summed E-state index contributed by atoms with van der Waals surface area (Å²) in [6, 6.07) is 2.35. The first-order valence-electron chi connectivity index (χ1n) is 6.45. The summed E-state index contributed by atoms with van der Waals surface area (Å²) in [4.78, 5) is 11.2. The molecule has 1 N–H and O–H groups in total. The van der Waals surface area contributed by atoms with Crippen molar-refractivity contribution in [3.8, 4) is 0 Å². The van der Waals surface area contributed by atoms with E-state index in [-0.39, 0.29) is 21.8 Å². The van der Waals surface area contributed by atoms with Crippen LogP contribution in [0.25, 0.3) is 0 Å². The van der Waals surface area contributed by atoms with E-state index in [0.29, 0.717) is 12.8 Å². The van der Waals surface area contributed by atoms with Gasteiger partial charge in [0.05, 0.1) is 9.37 Å². The molecule has 0 saturated carbocycles. The molecule has 2 unspecified atom stereocenters. The Labute approximate surface area is 130 Å². The lowest BCUT2D eigenvalue weighted by Gasteiger charge is -2.36. The molecule has 1 heterocycles. The number of hydrogen-bond donors (Lipinski definition) is 1. The number of carboxylic acid groups (broad SMARTS) is 1. The summed E-state index contributed by atoms with van der Waals surface area (Å²) in [5, 5.41) is 9.30. The van der Waals surface area contributed by atoms with E-state index in [0.717, 1.165) is 10.4 Å². The van der Waals surface area contributed by atoms with Gasteiger partial charge >= 0.3 is 5.97 Å². The summed E-state index contributed by atoms with van der Waals surface area (Å²) >= 11 is 2.96. The fraction of sp³-hybridized carbons (Fsp3) is 0.462. The smallest absolute Gasteiger partial charge is 0.322 e. The molecule has 0 amide bonds. The fourth-order valence-corrected chi connectivity index (χ4v) is 4.54. The Balaban J connectivity index is 2.45. The average Bonchev–Trinajstić information content (AvgIpc) is 2.41. The van der Waals surface area contributed by atoms with Gasteiger partial charge in [0.15, 0.2) is 0 Å². The van der Waals surface area contributed by atoms with Crippen LogP contribution in [-0.4, -0.2) is 36.4 Å². The van der Waals surface area contributed by atoms with Gasteiger partial charge < -0.3 is 5.11 Å². The van der Waals surface area contributed by atoms with Crippen LogP contribution >= 0.6 is 15.9 Å². The second-order valence-electron chi connectivity index (χ2n) is 5.09. The van der Waals surface area contributed by atoms with Crippen molar-refractivity contribution in [2.24, 2.45) is 5.92 Å². The second kappa shape index (κ2) is 6.02. The van der Waals surface area contributed by atoms with Crippen LogP contribution in [0.15, 0.2) is 27.6 Å². The van der Waals surface area contributed by atoms with Crippen LogP contribution in [0.5, 0.6) is 0 Å². The summed E-state index contributed by atoms with van der Waals surface area (Å²) in [7, 11) is -4.04. The zero-order valence-corrected chi connectivity index (χ0v) is 13.7. The lowest BCUT2D eigenvalue weighted by molar-refractivity contribution is -0.144. The molecule has 1 aromatic rings. The monoisotopic (exact) mass is 379 g/mol. The highest BCUT2D eigenvalue weighted by molar-refractivity contribution is 9.10. The molecule has 5 nitrogen and oxygen atoms in total. The summed E-state index contributed by atoms with van der Waals surface area (Å²) < 4.78 is 39.9. The SMILES string of the molecule is CC1CCCN(S(=O)(=O)c2ccc(Br)c(F)c2)C1C(=O)O. The van der Waals surface area contributed by atoms with Crippen molar-refractivity contribution in [2.45, 2.75) is 30.7 Å². The first-order valence-corrected chi connectivity index (χ1v) is 8.68. The fourth-order valence-electron chi connectivity index (χ4n) is 2.56. The summed E-state index contributed by atoms with van der Waals surface area (Å²) in [5.74, 6) is -2.16. The number of benzene rings is 1. The third-order valence-corrected chi connectivity index (χ3v) is 6.16. The van der Waals surface area contributed by atoms with Crippen molar-refractivity contribution >= 4 is 31.9 Å². The molecule has 2 atom stereocenters. The van der Waals surface area contributed by atoms with Crippen molar-refractivity contribution in [1.82, 2.24) is 4.31 Å². The van der Waals surface area contributed by atoms with Crippen molar-refractivity contribution in [3.63, 3.8) is 0 Å². The number of aliphatic carboxylic acids is 1. The topological polar surface area (TPSA) is 74.7 Å². The number of carbonyl (C=O) groups is 1. The molecule has 1 fully saturated rings. The van der Waals surface area contributed by atoms with Gasteiger partial charge in [-0.2, -0.15) is 4.31 Å². The van der Waals surface area contributed by atoms with Gasteiger partial charge in [-0.15, -0.1) is 0 Å². The molecule has 1 aliphatic rings. The number of nitrogens with zero attached hydrogens (tertiary/aromatic N) is 1. The Morgan fingerprint density at radius 2 is 2.14 bits per heavy atom. The molecule has 1 aromatic carbocycles. The van der Waals surface area contributed by atoms with Crippen LogP contribution in [0, 0.1) is 11.7 Å². The molecule has 0 bridgehead atoms. The van der Waals surface area contributed by atoms with Gasteiger partial charge in [-0.1, -0.05) is 6.92 Å². The molecule has 0 aromatic heterocycles. The number of sulfonamides is 1. The van der Waals surface area contributed by atoms with E-state index in [9.17, 15) is 22.7 Å². The largest absolute Gasteiger partial charge is 0.480 e. The highest BCUT2D eigenvalue weighted by Gasteiger charge is 2.41. The Morgan fingerprint density at radius 3 is 2.71 bits per heavy atom. The van der Waals surface area contributed by atoms with Crippen molar-refractivity contribution in [1.29, 1.82) is 0 Å². The molecular formula is C13H15BrFNO4S. The van der Waals surface area contributed by atoms with Gasteiger partial charge in [0.1, 0.15) is 11.9 Å². The first kappa shape index (κ1) is 16.4. The third kappa shape index (κ3) is 3.12. The van der Waals surface area contributed by atoms with Gasteiger partial charge in [0, 0.05) is 6.54 Å². The molecule has 0 radical (unpaired) electrons. The highest BCUT2D eigenvalue weighted by atomic mass is 79.9.